The van der Waals surface area contributed by atoms with Crippen molar-refractivity contribution in [1.29, 1.82) is 0 Å². The van der Waals surface area contributed by atoms with Crippen LogP contribution in [-0.2, 0) is 9.90 Å². The summed E-state index contributed by atoms with van der Waals surface area (Å²) in [5, 5.41) is 11.2. The van der Waals surface area contributed by atoms with Gasteiger partial charge in [-0.3, -0.25) is 9.69 Å². The summed E-state index contributed by atoms with van der Waals surface area (Å²) in [5.74, 6) is -0.785. The number of amides is 1. The molecule has 0 aromatic carbocycles. The first kappa shape index (κ1) is 7.50. The summed E-state index contributed by atoms with van der Waals surface area (Å²) in [5.41, 5.74) is 3.21. The standard InChI is InChI=1S/C6H11N2O2/c1-6(10,5(7)9)8-3-2-4-8/h2-4H2,1H3,(H2,7,9). The minimum atomic E-state index is -1.68. The summed E-state index contributed by atoms with van der Waals surface area (Å²) in [7, 11) is 0. The van der Waals surface area contributed by atoms with Crippen molar-refractivity contribution in [3.63, 3.8) is 0 Å². The average molecular weight is 143 g/mol. The molecule has 1 aliphatic heterocycles. The summed E-state index contributed by atoms with van der Waals surface area (Å²) in [6.07, 6.45) is 0.991. The van der Waals surface area contributed by atoms with E-state index in [1.54, 1.807) is 0 Å². The van der Waals surface area contributed by atoms with Gasteiger partial charge in [0, 0.05) is 13.1 Å². The molecule has 1 heterocycles. The minimum absolute atomic E-state index is 0.697. The second-order valence-corrected chi connectivity index (χ2v) is 2.69. The number of carbonyl (C=O) groups is 1. The molecule has 1 atom stereocenters. The molecule has 1 unspecified atom stereocenters. The van der Waals surface area contributed by atoms with Crippen LogP contribution in [0.2, 0.25) is 0 Å². The first-order valence-electron chi connectivity index (χ1n) is 3.30. The molecule has 1 saturated heterocycles. The second kappa shape index (κ2) is 2.21. The predicted octanol–water partition coefficient (Wildman–Crippen LogP) is -0.676. The van der Waals surface area contributed by atoms with Crippen LogP contribution in [0.3, 0.4) is 0 Å². The summed E-state index contributed by atoms with van der Waals surface area (Å²) in [6.45, 7) is 2.71. The average Bonchev–Trinajstić information content (AvgIpc) is 1.57. The van der Waals surface area contributed by atoms with Crippen LogP contribution in [0.5, 0.6) is 0 Å². The van der Waals surface area contributed by atoms with Gasteiger partial charge in [-0.1, -0.05) is 0 Å². The van der Waals surface area contributed by atoms with Crippen molar-refractivity contribution in [3.8, 4) is 0 Å². The Hall–Kier alpha value is -0.610. The summed E-state index contributed by atoms with van der Waals surface area (Å²) in [4.78, 5) is 12.1. The number of primary amides is 1. The van der Waals surface area contributed by atoms with Crippen LogP contribution in [0.15, 0.2) is 0 Å². The van der Waals surface area contributed by atoms with Crippen LogP contribution in [0.1, 0.15) is 13.3 Å². The first-order chi connectivity index (χ1) is 4.55. The van der Waals surface area contributed by atoms with Crippen molar-refractivity contribution in [2.24, 2.45) is 5.73 Å². The maximum atomic E-state index is 11.2. The van der Waals surface area contributed by atoms with Crippen molar-refractivity contribution < 1.29 is 9.90 Å². The Balaban J connectivity index is 2.57. The van der Waals surface area contributed by atoms with Crippen LogP contribution >= 0.6 is 0 Å². The second-order valence-electron chi connectivity index (χ2n) is 2.69. The lowest BCUT2D eigenvalue weighted by atomic mass is 10.1. The number of rotatable bonds is 2. The van der Waals surface area contributed by atoms with E-state index in [1.165, 1.54) is 11.8 Å². The van der Waals surface area contributed by atoms with Crippen LogP contribution in [0.4, 0.5) is 0 Å². The highest BCUT2D eigenvalue weighted by atomic mass is 16.3. The number of nitrogens with zero attached hydrogens (tertiary/aromatic N) is 1. The topological polar surface area (TPSA) is 66.2 Å². The molecule has 1 radical (unpaired) electrons. The van der Waals surface area contributed by atoms with Crippen LogP contribution in [0.25, 0.3) is 0 Å². The van der Waals surface area contributed by atoms with E-state index >= 15 is 0 Å². The van der Waals surface area contributed by atoms with Crippen molar-refractivity contribution in [2.75, 3.05) is 13.1 Å². The van der Waals surface area contributed by atoms with E-state index in [1.807, 2.05) is 0 Å². The van der Waals surface area contributed by atoms with Gasteiger partial charge in [0.2, 0.25) is 5.72 Å². The molecule has 2 N–H and O–H groups in total. The molecule has 1 fully saturated rings. The van der Waals surface area contributed by atoms with Gasteiger partial charge >= 0.3 is 0 Å². The number of likely N-dealkylation sites (tertiary alicyclic amines) is 1. The summed E-state index contributed by atoms with van der Waals surface area (Å²) >= 11 is 0. The van der Waals surface area contributed by atoms with Gasteiger partial charge in [-0.15, -0.1) is 0 Å². The molecule has 0 aliphatic carbocycles. The highest BCUT2D eigenvalue weighted by Gasteiger charge is 2.40. The van der Waals surface area contributed by atoms with E-state index in [9.17, 15) is 9.90 Å². The molecule has 4 heteroatoms. The fraction of sp³-hybridized carbons (Fsp3) is 0.833. The number of hydrogen-bond acceptors (Lipinski definition) is 2. The third-order valence-electron chi connectivity index (χ3n) is 1.92. The van der Waals surface area contributed by atoms with Gasteiger partial charge < -0.3 is 5.73 Å². The van der Waals surface area contributed by atoms with E-state index in [0.717, 1.165) is 6.42 Å². The third kappa shape index (κ3) is 0.998. The van der Waals surface area contributed by atoms with E-state index in [4.69, 9.17) is 5.73 Å². The Labute approximate surface area is 59.6 Å². The summed E-state index contributed by atoms with van der Waals surface area (Å²) < 4.78 is 0. The van der Waals surface area contributed by atoms with Gasteiger partial charge in [0.25, 0.3) is 5.91 Å². The Kier molecular flexibility index (Phi) is 1.66. The zero-order chi connectivity index (χ0) is 7.78. The van der Waals surface area contributed by atoms with Gasteiger partial charge in [-0.25, -0.2) is 5.11 Å². The molecular formula is C6H11N2O2. The van der Waals surface area contributed by atoms with E-state index in [2.05, 4.69) is 0 Å². The van der Waals surface area contributed by atoms with Crippen LogP contribution in [-0.4, -0.2) is 29.6 Å². The quantitative estimate of drug-likeness (QED) is 0.556. The lowest BCUT2D eigenvalue weighted by Gasteiger charge is -2.38. The Morgan fingerprint density at radius 2 is 2.10 bits per heavy atom. The largest absolute Gasteiger partial charge is 0.366 e. The predicted molar refractivity (Wildman–Crippen MR) is 34.5 cm³/mol. The molecule has 0 bridgehead atoms. The molecule has 0 saturated carbocycles. The van der Waals surface area contributed by atoms with Gasteiger partial charge in [-0.05, 0) is 13.3 Å². The number of nitrogens with two attached hydrogens (primary N) is 1. The first-order valence-corrected chi connectivity index (χ1v) is 3.30. The highest BCUT2D eigenvalue weighted by Crippen LogP contribution is 2.18. The van der Waals surface area contributed by atoms with E-state index in [-0.39, 0.29) is 0 Å². The zero-order valence-corrected chi connectivity index (χ0v) is 5.96. The highest BCUT2D eigenvalue weighted by molar-refractivity contribution is 5.82. The van der Waals surface area contributed by atoms with Gasteiger partial charge in [-0.2, -0.15) is 0 Å². The molecule has 0 aromatic heterocycles. The SMILES string of the molecule is CC([O])(C(N)=O)N1CCC1. The molecule has 10 heavy (non-hydrogen) atoms. The molecule has 57 valence electrons. The molecule has 0 spiro atoms. The van der Waals surface area contributed by atoms with E-state index < -0.39 is 11.6 Å². The van der Waals surface area contributed by atoms with E-state index in [0.29, 0.717) is 13.1 Å². The van der Waals surface area contributed by atoms with Crippen molar-refractivity contribution in [3.05, 3.63) is 0 Å². The smallest absolute Gasteiger partial charge is 0.268 e. The van der Waals surface area contributed by atoms with Gasteiger partial charge in [0.1, 0.15) is 0 Å². The number of carbonyl (C=O) groups excluding carboxylic acids is 1. The Morgan fingerprint density at radius 3 is 2.20 bits per heavy atom. The van der Waals surface area contributed by atoms with Gasteiger partial charge in [0.15, 0.2) is 0 Å². The maximum absolute atomic E-state index is 11.2. The fourth-order valence-electron chi connectivity index (χ4n) is 0.899. The van der Waals surface area contributed by atoms with Crippen molar-refractivity contribution in [1.82, 2.24) is 4.90 Å². The van der Waals surface area contributed by atoms with Gasteiger partial charge in [0.05, 0.1) is 0 Å². The lowest BCUT2D eigenvalue weighted by molar-refractivity contribution is -0.182. The Bertz CT molecular complexity index is 152. The minimum Gasteiger partial charge on any atom is -0.366 e. The Morgan fingerprint density at radius 1 is 1.60 bits per heavy atom. The maximum Gasteiger partial charge on any atom is 0.268 e. The molecular weight excluding hydrogens is 132 g/mol. The normalized spacial score (nSPS) is 25.0. The number of hydrogen-bond donors (Lipinski definition) is 1. The molecule has 1 aliphatic rings. The molecule has 4 nitrogen and oxygen atoms in total. The fourth-order valence-corrected chi connectivity index (χ4v) is 0.899. The molecule has 1 rings (SSSR count). The summed E-state index contributed by atoms with van der Waals surface area (Å²) in [6, 6.07) is 0. The lowest BCUT2D eigenvalue weighted by Crippen LogP contribution is -2.59. The third-order valence-corrected chi connectivity index (χ3v) is 1.92. The van der Waals surface area contributed by atoms with Crippen LogP contribution < -0.4 is 5.73 Å². The molecule has 1 amide bonds. The van der Waals surface area contributed by atoms with Crippen molar-refractivity contribution >= 4 is 5.91 Å². The monoisotopic (exact) mass is 143 g/mol. The van der Waals surface area contributed by atoms with Crippen LogP contribution in [0, 0.1) is 0 Å². The molecule has 0 aromatic rings. The zero-order valence-electron chi connectivity index (χ0n) is 5.96. The van der Waals surface area contributed by atoms with Crippen molar-refractivity contribution in [2.45, 2.75) is 19.1 Å².